The molecule has 2 heterocycles. The molecule has 0 saturated carbocycles. The van der Waals surface area contributed by atoms with E-state index in [1.165, 1.54) is 10.6 Å². The number of pyridine rings is 1. The zero-order valence-electron chi connectivity index (χ0n) is 10.4. The molecule has 0 unspecified atom stereocenters. The second-order valence-corrected chi connectivity index (χ2v) is 4.33. The van der Waals surface area contributed by atoms with Gasteiger partial charge in [-0.1, -0.05) is 18.2 Å². The number of rotatable bonds is 3. The Morgan fingerprint density at radius 1 is 1.20 bits per heavy atom. The zero-order valence-corrected chi connectivity index (χ0v) is 10.4. The molecule has 0 saturated heterocycles. The minimum atomic E-state index is -1.04. The molecule has 2 aromatic heterocycles. The second-order valence-electron chi connectivity index (χ2n) is 4.33. The smallest absolute Gasteiger partial charge is 0.339 e. The highest BCUT2D eigenvalue weighted by Gasteiger charge is 2.13. The Bertz CT molecular complexity index is 795. The van der Waals surface area contributed by atoms with Crippen molar-refractivity contribution >= 4 is 11.6 Å². The molecule has 6 heteroatoms. The van der Waals surface area contributed by atoms with Crippen LogP contribution in [0.4, 0.5) is 0 Å². The van der Waals surface area contributed by atoms with Gasteiger partial charge in [0.1, 0.15) is 11.3 Å². The van der Waals surface area contributed by atoms with Gasteiger partial charge >= 0.3 is 5.97 Å². The first-order valence-electron chi connectivity index (χ1n) is 5.99. The first-order chi connectivity index (χ1) is 9.65. The van der Waals surface area contributed by atoms with Gasteiger partial charge in [-0.25, -0.2) is 14.3 Å². The van der Waals surface area contributed by atoms with E-state index in [0.29, 0.717) is 23.5 Å². The molecular formula is C14H11N3O3. The van der Waals surface area contributed by atoms with Gasteiger partial charge in [-0.2, -0.15) is 5.10 Å². The van der Waals surface area contributed by atoms with E-state index in [9.17, 15) is 9.90 Å². The fourth-order valence-electron chi connectivity index (χ4n) is 2.02. The van der Waals surface area contributed by atoms with Crippen molar-refractivity contribution in [3.05, 3.63) is 59.5 Å². The summed E-state index contributed by atoms with van der Waals surface area (Å²) < 4.78 is 1.43. The van der Waals surface area contributed by atoms with Crippen LogP contribution in [0, 0.1) is 0 Å². The number of hydrogen-bond donors (Lipinski definition) is 2. The molecule has 1 aromatic carbocycles. The first kappa shape index (κ1) is 12.2. The number of carbonyl (C=O) groups is 1. The largest absolute Gasteiger partial charge is 0.508 e. The number of phenols is 1. The molecule has 3 aromatic rings. The summed E-state index contributed by atoms with van der Waals surface area (Å²) >= 11 is 0. The monoisotopic (exact) mass is 269 g/mol. The van der Waals surface area contributed by atoms with E-state index >= 15 is 0 Å². The van der Waals surface area contributed by atoms with E-state index < -0.39 is 5.97 Å². The molecule has 3 rings (SSSR count). The van der Waals surface area contributed by atoms with Crippen LogP contribution in [0.5, 0.6) is 5.75 Å². The zero-order chi connectivity index (χ0) is 14.1. The number of nitrogens with zero attached hydrogens (tertiary/aromatic N) is 3. The average Bonchev–Trinajstić information content (AvgIpc) is 2.83. The molecule has 0 fully saturated rings. The summed E-state index contributed by atoms with van der Waals surface area (Å²) in [4.78, 5) is 15.3. The summed E-state index contributed by atoms with van der Waals surface area (Å²) in [5.41, 5.74) is 1.09. The van der Waals surface area contributed by atoms with E-state index in [1.807, 2.05) is 6.07 Å². The van der Waals surface area contributed by atoms with Crippen molar-refractivity contribution in [3.8, 4) is 5.75 Å². The molecule has 0 atom stereocenters. The summed E-state index contributed by atoms with van der Waals surface area (Å²) in [6.07, 6.45) is 1.98. The number of carboxylic acids is 1. The third-order valence-electron chi connectivity index (χ3n) is 2.98. The van der Waals surface area contributed by atoms with Gasteiger partial charge in [0.15, 0.2) is 11.5 Å². The number of para-hydroxylation sites is 1. The number of aromatic nitrogens is 3. The van der Waals surface area contributed by atoms with Gasteiger partial charge in [-0.15, -0.1) is 0 Å². The maximum atomic E-state index is 11.1. The molecule has 0 amide bonds. The Hall–Kier alpha value is -2.89. The predicted molar refractivity (Wildman–Crippen MR) is 70.9 cm³/mol. The number of hydrogen-bond acceptors (Lipinski definition) is 4. The Kier molecular flexibility index (Phi) is 2.83. The topological polar surface area (TPSA) is 87.7 Å². The van der Waals surface area contributed by atoms with Gasteiger partial charge < -0.3 is 10.2 Å². The van der Waals surface area contributed by atoms with Crippen LogP contribution in [-0.4, -0.2) is 30.8 Å². The number of aromatic carboxylic acids is 1. The van der Waals surface area contributed by atoms with Gasteiger partial charge in [0, 0.05) is 18.2 Å². The second kappa shape index (κ2) is 4.65. The van der Waals surface area contributed by atoms with Crippen LogP contribution >= 0.6 is 0 Å². The number of carboxylic acid groups (broad SMARTS) is 1. The molecule has 2 N–H and O–H groups in total. The summed E-state index contributed by atoms with van der Waals surface area (Å²) in [6, 6.07) is 10.0. The van der Waals surface area contributed by atoms with Gasteiger partial charge in [0.05, 0.1) is 0 Å². The van der Waals surface area contributed by atoms with Crippen LogP contribution in [0.25, 0.3) is 5.65 Å². The molecule has 6 nitrogen and oxygen atoms in total. The molecule has 0 aliphatic rings. The van der Waals surface area contributed by atoms with E-state index in [1.54, 1.807) is 30.5 Å². The molecule has 0 bridgehead atoms. The lowest BCUT2D eigenvalue weighted by Gasteiger charge is -1.99. The van der Waals surface area contributed by atoms with E-state index in [-0.39, 0.29) is 11.3 Å². The number of benzene rings is 1. The molecule has 0 aliphatic heterocycles. The molecule has 0 aliphatic carbocycles. The summed E-state index contributed by atoms with van der Waals surface area (Å²) in [7, 11) is 0. The van der Waals surface area contributed by atoms with Crippen LogP contribution in [0.15, 0.2) is 42.6 Å². The number of fused-ring (bicyclic) bond motifs is 1. The van der Waals surface area contributed by atoms with Crippen molar-refractivity contribution in [2.24, 2.45) is 0 Å². The molecule has 20 heavy (non-hydrogen) atoms. The van der Waals surface area contributed by atoms with Gasteiger partial charge in [-0.3, -0.25) is 0 Å². The molecule has 0 radical (unpaired) electrons. The molecule has 0 spiro atoms. The van der Waals surface area contributed by atoms with Gasteiger partial charge in [-0.05, 0) is 18.2 Å². The Morgan fingerprint density at radius 3 is 2.75 bits per heavy atom. The fourth-order valence-corrected chi connectivity index (χ4v) is 2.02. The highest BCUT2D eigenvalue weighted by atomic mass is 16.4. The van der Waals surface area contributed by atoms with Gasteiger partial charge in [0.2, 0.25) is 0 Å². The van der Waals surface area contributed by atoms with E-state index in [4.69, 9.17) is 5.11 Å². The van der Waals surface area contributed by atoms with E-state index in [2.05, 4.69) is 10.1 Å². The maximum Gasteiger partial charge on any atom is 0.339 e. The average molecular weight is 269 g/mol. The molecule has 100 valence electrons. The lowest BCUT2D eigenvalue weighted by atomic mass is 10.1. The van der Waals surface area contributed by atoms with Crippen molar-refractivity contribution in [1.82, 2.24) is 14.6 Å². The minimum Gasteiger partial charge on any atom is -0.508 e. The fraction of sp³-hybridized carbons (Fsp3) is 0.0714. The van der Waals surface area contributed by atoms with Crippen LogP contribution in [0.3, 0.4) is 0 Å². The van der Waals surface area contributed by atoms with Crippen molar-refractivity contribution in [2.75, 3.05) is 0 Å². The Balaban J connectivity index is 2.04. The standard InChI is InChI=1S/C14H11N3O3/c18-11-6-2-1-4-9(11)8-12-15-13-10(14(19)20)5-3-7-17(13)16-12/h1-7,18H,8H2,(H,19,20). The number of aromatic hydroxyl groups is 1. The Morgan fingerprint density at radius 2 is 2.00 bits per heavy atom. The van der Waals surface area contributed by atoms with Crippen LogP contribution in [-0.2, 0) is 6.42 Å². The highest BCUT2D eigenvalue weighted by molar-refractivity contribution is 5.94. The predicted octanol–water partition coefficient (Wildman–Crippen LogP) is 1.72. The maximum absolute atomic E-state index is 11.1. The lowest BCUT2D eigenvalue weighted by molar-refractivity contribution is 0.0698. The minimum absolute atomic E-state index is 0.100. The summed E-state index contributed by atoms with van der Waals surface area (Å²) in [5, 5.41) is 23.1. The van der Waals surface area contributed by atoms with Crippen LogP contribution < -0.4 is 0 Å². The first-order valence-corrected chi connectivity index (χ1v) is 5.99. The third kappa shape index (κ3) is 2.07. The summed E-state index contributed by atoms with van der Waals surface area (Å²) in [6.45, 7) is 0. The molecular weight excluding hydrogens is 258 g/mol. The van der Waals surface area contributed by atoms with Crippen molar-refractivity contribution in [1.29, 1.82) is 0 Å². The van der Waals surface area contributed by atoms with Crippen molar-refractivity contribution in [3.63, 3.8) is 0 Å². The van der Waals surface area contributed by atoms with Crippen LogP contribution in [0.1, 0.15) is 21.7 Å². The van der Waals surface area contributed by atoms with Crippen LogP contribution in [0.2, 0.25) is 0 Å². The summed E-state index contributed by atoms with van der Waals surface area (Å²) in [5.74, 6) is -0.415. The third-order valence-corrected chi connectivity index (χ3v) is 2.98. The number of phenolic OH excluding ortho intramolecular Hbond substituents is 1. The Labute approximate surface area is 113 Å². The highest BCUT2D eigenvalue weighted by Crippen LogP contribution is 2.19. The SMILES string of the molecule is O=C(O)c1cccn2nc(Cc3ccccc3O)nc12. The van der Waals surface area contributed by atoms with Crippen molar-refractivity contribution in [2.45, 2.75) is 6.42 Å². The van der Waals surface area contributed by atoms with Gasteiger partial charge in [0.25, 0.3) is 0 Å². The quantitative estimate of drug-likeness (QED) is 0.756. The van der Waals surface area contributed by atoms with E-state index in [0.717, 1.165) is 0 Å². The van der Waals surface area contributed by atoms with Crippen molar-refractivity contribution < 1.29 is 15.0 Å². The normalized spacial score (nSPS) is 10.8. The lowest BCUT2D eigenvalue weighted by Crippen LogP contribution is -2.00.